The van der Waals surface area contributed by atoms with E-state index >= 15 is 0 Å². The first kappa shape index (κ1) is 29.6. The third-order valence-corrected chi connectivity index (χ3v) is 8.85. The summed E-state index contributed by atoms with van der Waals surface area (Å²) in [6.45, 7) is 5.18. The van der Waals surface area contributed by atoms with Gasteiger partial charge in [0.05, 0.1) is 47.4 Å². The monoisotopic (exact) mass is 597 g/mol. The highest BCUT2D eigenvalue weighted by atomic mass is 19.1. The molecule has 2 aliphatic heterocycles. The molecule has 0 saturated carbocycles. The zero-order valence-electron chi connectivity index (χ0n) is 24.9. The van der Waals surface area contributed by atoms with Crippen molar-refractivity contribution in [1.82, 2.24) is 14.5 Å². The van der Waals surface area contributed by atoms with Crippen molar-refractivity contribution in [1.29, 1.82) is 5.26 Å². The SMILES string of the molecule is CC1CCC(CN(C)c2cccc(OCc3ccc(C#N)cc3F)c2)N1Cc1nc2ccc(C(=O)O)cc2n1CC1CCO1. The Morgan fingerprint density at radius 3 is 2.75 bits per heavy atom. The lowest BCUT2D eigenvalue weighted by molar-refractivity contribution is -0.0592. The average Bonchev–Trinajstić information content (AvgIpc) is 3.52. The van der Waals surface area contributed by atoms with Crippen LogP contribution in [0.5, 0.6) is 5.75 Å². The lowest BCUT2D eigenvalue weighted by atomic mass is 10.1. The van der Waals surface area contributed by atoms with Crippen LogP contribution in [0, 0.1) is 17.1 Å². The van der Waals surface area contributed by atoms with Crippen LogP contribution in [-0.4, -0.2) is 63.9 Å². The second-order valence-electron chi connectivity index (χ2n) is 11.8. The zero-order valence-corrected chi connectivity index (χ0v) is 24.9. The molecule has 0 amide bonds. The molecule has 1 N–H and O–H groups in total. The van der Waals surface area contributed by atoms with Crippen LogP contribution < -0.4 is 9.64 Å². The largest absolute Gasteiger partial charge is 0.489 e. The van der Waals surface area contributed by atoms with E-state index in [2.05, 4.69) is 28.3 Å². The number of hydrogen-bond donors (Lipinski definition) is 1. The molecule has 0 bridgehead atoms. The number of nitrogens with zero attached hydrogens (tertiary/aromatic N) is 5. The number of fused-ring (bicyclic) bond motifs is 1. The Morgan fingerprint density at radius 1 is 1.18 bits per heavy atom. The number of carboxylic acid groups (broad SMARTS) is 1. The molecule has 3 atom stereocenters. The number of carboxylic acids is 1. The van der Waals surface area contributed by atoms with Crippen LogP contribution >= 0.6 is 0 Å². The molecule has 3 aromatic carbocycles. The fourth-order valence-corrected chi connectivity index (χ4v) is 6.16. The number of nitriles is 1. The number of anilines is 1. The van der Waals surface area contributed by atoms with E-state index < -0.39 is 11.8 Å². The van der Waals surface area contributed by atoms with Crippen LogP contribution in [-0.2, 0) is 24.4 Å². The van der Waals surface area contributed by atoms with Gasteiger partial charge in [0.15, 0.2) is 0 Å². The Bertz CT molecular complexity index is 1710. The maximum atomic E-state index is 14.3. The second-order valence-corrected chi connectivity index (χ2v) is 11.8. The summed E-state index contributed by atoms with van der Waals surface area (Å²) in [6.07, 6.45) is 3.22. The van der Waals surface area contributed by atoms with Gasteiger partial charge >= 0.3 is 5.97 Å². The van der Waals surface area contributed by atoms with E-state index in [1.165, 1.54) is 6.07 Å². The summed E-state index contributed by atoms with van der Waals surface area (Å²) >= 11 is 0. The van der Waals surface area contributed by atoms with E-state index in [-0.39, 0.29) is 29.9 Å². The predicted octanol–water partition coefficient (Wildman–Crippen LogP) is 5.60. The van der Waals surface area contributed by atoms with Crippen molar-refractivity contribution in [2.45, 2.75) is 64.1 Å². The minimum Gasteiger partial charge on any atom is -0.489 e. The van der Waals surface area contributed by atoms with Crippen molar-refractivity contribution in [3.05, 3.63) is 89.0 Å². The molecule has 44 heavy (non-hydrogen) atoms. The predicted molar refractivity (Wildman–Crippen MR) is 164 cm³/mol. The molecule has 0 radical (unpaired) electrons. The summed E-state index contributed by atoms with van der Waals surface area (Å²) in [5, 5.41) is 18.6. The van der Waals surface area contributed by atoms with Gasteiger partial charge in [-0.15, -0.1) is 0 Å². The van der Waals surface area contributed by atoms with Gasteiger partial charge in [0.1, 0.15) is 24.0 Å². The molecule has 6 rings (SSSR count). The Kier molecular flexibility index (Phi) is 8.51. The van der Waals surface area contributed by atoms with Crippen molar-refractivity contribution in [2.24, 2.45) is 0 Å². The van der Waals surface area contributed by atoms with E-state index in [0.29, 0.717) is 30.4 Å². The zero-order chi connectivity index (χ0) is 30.8. The first-order valence-corrected chi connectivity index (χ1v) is 15.0. The second kappa shape index (κ2) is 12.6. The van der Waals surface area contributed by atoms with Crippen molar-refractivity contribution in [3.8, 4) is 11.8 Å². The number of carbonyl (C=O) groups is 1. The number of imidazole rings is 1. The number of likely N-dealkylation sites (tertiary alicyclic amines) is 1. The highest BCUT2D eigenvalue weighted by Crippen LogP contribution is 2.31. The fraction of sp³-hybridized carbons (Fsp3) is 0.382. The number of likely N-dealkylation sites (N-methyl/N-ethyl adjacent to an activating group) is 1. The van der Waals surface area contributed by atoms with E-state index in [4.69, 9.17) is 19.7 Å². The van der Waals surface area contributed by atoms with Gasteiger partial charge in [0, 0.05) is 49.6 Å². The molecule has 9 nitrogen and oxygen atoms in total. The Morgan fingerprint density at radius 2 is 2.02 bits per heavy atom. The van der Waals surface area contributed by atoms with Gasteiger partial charge < -0.3 is 24.0 Å². The molecule has 228 valence electrons. The van der Waals surface area contributed by atoms with E-state index in [9.17, 15) is 14.3 Å². The Hall–Kier alpha value is -4.46. The lowest BCUT2D eigenvalue weighted by Gasteiger charge is -2.33. The van der Waals surface area contributed by atoms with Crippen molar-refractivity contribution < 1.29 is 23.8 Å². The van der Waals surface area contributed by atoms with Gasteiger partial charge in [-0.1, -0.05) is 12.1 Å². The highest BCUT2D eigenvalue weighted by molar-refractivity contribution is 5.92. The first-order chi connectivity index (χ1) is 21.3. The summed E-state index contributed by atoms with van der Waals surface area (Å²) in [5.74, 6) is 0.157. The summed E-state index contributed by atoms with van der Waals surface area (Å²) in [7, 11) is 2.07. The number of benzene rings is 3. The molecule has 2 saturated heterocycles. The lowest BCUT2D eigenvalue weighted by Crippen LogP contribution is -2.42. The molecule has 2 fully saturated rings. The van der Waals surface area contributed by atoms with Gasteiger partial charge in [0.2, 0.25) is 0 Å². The van der Waals surface area contributed by atoms with E-state index in [1.54, 1.807) is 30.3 Å². The summed E-state index contributed by atoms with van der Waals surface area (Å²) < 4.78 is 28.1. The highest BCUT2D eigenvalue weighted by Gasteiger charge is 2.33. The fourth-order valence-electron chi connectivity index (χ4n) is 6.16. The maximum absolute atomic E-state index is 14.3. The van der Waals surface area contributed by atoms with Crippen molar-refractivity contribution in [3.63, 3.8) is 0 Å². The summed E-state index contributed by atoms with van der Waals surface area (Å²) in [4.78, 5) is 21.4. The first-order valence-electron chi connectivity index (χ1n) is 15.0. The average molecular weight is 598 g/mol. The van der Waals surface area contributed by atoms with E-state index in [1.807, 2.05) is 30.3 Å². The van der Waals surface area contributed by atoms with Crippen LogP contribution in [0.4, 0.5) is 10.1 Å². The number of aromatic carboxylic acids is 1. The maximum Gasteiger partial charge on any atom is 0.335 e. The van der Waals surface area contributed by atoms with Gasteiger partial charge in [-0.25, -0.2) is 14.2 Å². The van der Waals surface area contributed by atoms with Crippen LogP contribution in [0.2, 0.25) is 0 Å². The van der Waals surface area contributed by atoms with Gasteiger partial charge in [-0.3, -0.25) is 4.90 Å². The number of ether oxygens (including phenoxy) is 2. The molecule has 0 aliphatic carbocycles. The number of halogens is 1. The van der Waals surface area contributed by atoms with Crippen LogP contribution in [0.25, 0.3) is 11.0 Å². The van der Waals surface area contributed by atoms with Crippen LogP contribution in [0.3, 0.4) is 0 Å². The van der Waals surface area contributed by atoms with Crippen LogP contribution in [0.15, 0.2) is 60.7 Å². The molecule has 4 aromatic rings. The molecule has 3 heterocycles. The smallest absolute Gasteiger partial charge is 0.335 e. The minimum atomic E-state index is -0.951. The topological polar surface area (TPSA) is 104 Å². The Balaban J connectivity index is 1.16. The standard InChI is InChI=1S/C34H36FN5O4/c1-22-6-10-27(18-38(2)26-4-3-5-28(16-26)44-21-25-8-7-23(17-36)14-30(25)35)39(22)20-33-37-31-11-9-24(34(41)42)15-32(31)40(33)19-29-12-13-43-29/h3-5,7-9,11,14-16,22,27,29H,6,10,12-13,18-21H2,1-2H3,(H,41,42). The Labute approximate surface area is 256 Å². The van der Waals surface area contributed by atoms with Crippen molar-refractivity contribution >= 4 is 22.7 Å². The van der Waals surface area contributed by atoms with Gasteiger partial charge in [-0.05, 0) is 68.7 Å². The molecule has 0 spiro atoms. The molecule has 1 aromatic heterocycles. The quantitative estimate of drug-likeness (QED) is 0.238. The molecule has 2 aliphatic rings. The van der Waals surface area contributed by atoms with E-state index in [0.717, 1.165) is 55.0 Å². The van der Waals surface area contributed by atoms with Gasteiger partial charge in [-0.2, -0.15) is 5.26 Å². The normalized spacial score (nSPS) is 19.9. The minimum absolute atomic E-state index is 0.0689. The summed E-state index contributed by atoms with van der Waals surface area (Å²) in [5.41, 5.74) is 3.55. The number of hydrogen-bond acceptors (Lipinski definition) is 7. The third kappa shape index (κ3) is 6.25. The number of aromatic nitrogens is 2. The summed E-state index contributed by atoms with van der Waals surface area (Å²) in [6, 6.07) is 19.9. The van der Waals surface area contributed by atoms with Crippen molar-refractivity contribution in [2.75, 3.05) is 25.1 Å². The molecule has 3 unspecified atom stereocenters. The van der Waals surface area contributed by atoms with Crippen LogP contribution in [0.1, 0.15) is 53.5 Å². The molecular weight excluding hydrogens is 561 g/mol. The van der Waals surface area contributed by atoms with Gasteiger partial charge in [0.25, 0.3) is 0 Å². The third-order valence-electron chi connectivity index (χ3n) is 8.85. The molecular formula is C34H36FN5O4. The molecule has 10 heteroatoms. The number of rotatable bonds is 11.